The van der Waals surface area contributed by atoms with Crippen LogP contribution in [0.1, 0.15) is 16.2 Å². The number of pyridine rings is 1. The highest BCUT2D eigenvalue weighted by atomic mass is 16.5. The van der Waals surface area contributed by atoms with Gasteiger partial charge >= 0.3 is 0 Å². The molecule has 1 saturated heterocycles. The Morgan fingerprint density at radius 1 is 1.17 bits per heavy atom. The van der Waals surface area contributed by atoms with Gasteiger partial charge in [0.1, 0.15) is 17.5 Å². The van der Waals surface area contributed by atoms with E-state index < -0.39 is 0 Å². The Morgan fingerprint density at radius 2 is 1.87 bits per heavy atom. The van der Waals surface area contributed by atoms with Crippen LogP contribution in [0.25, 0.3) is 10.8 Å². The number of aryl methyl sites for hydroxylation is 1. The average molecular weight is 404 g/mol. The minimum absolute atomic E-state index is 0.202. The van der Waals surface area contributed by atoms with E-state index in [-0.39, 0.29) is 22.9 Å². The third kappa shape index (κ3) is 3.33. The molecule has 0 radical (unpaired) electrons. The second kappa shape index (κ2) is 7.83. The zero-order chi connectivity index (χ0) is 21.3. The Bertz CT molecular complexity index is 1220. The molecule has 152 valence electrons. The summed E-state index contributed by atoms with van der Waals surface area (Å²) in [6.45, 7) is 2.14. The van der Waals surface area contributed by atoms with E-state index in [4.69, 9.17) is 10.00 Å². The molecule has 0 unspecified atom stereocenters. The topological polar surface area (TPSA) is 104 Å². The number of rotatable bonds is 3. The molecule has 9 heteroatoms. The first-order chi connectivity index (χ1) is 14.5. The number of piperazine rings is 1. The summed E-state index contributed by atoms with van der Waals surface area (Å²) in [6, 6.07) is 10.6. The van der Waals surface area contributed by atoms with Gasteiger partial charge in [-0.15, -0.1) is 0 Å². The zero-order valence-corrected chi connectivity index (χ0v) is 16.7. The fourth-order valence-electron chi connectivity index (χ4n) is 3.65. The Balaban J connectivity index is 1.57. The number of fused-ring (bicyclic) bond motifs is 1. The number of nitrogens with zero attached hydrogens (tertiary/aromatic N) is 6. The molecule has 30 heavy (non-hydrogen) atoms. The van der Waals surface area contributed by atoms with E-state index in [1.807, 2.05) is 6.07 Å². The molecule has 0 atom stereocenters. The van der Waals surface area contributed by atoms with Crippen molar-refractivity contribution >= 4 is 22.4 Å². The number of amides is 1. The first-order valence-electron chi connectivity index (χ1n) is 9.48. The fourth-order valence-corrected chi connectivity index (χ4v) is 3.65. The van der Waals surface area contributed by atoms with Crippen LogP contribution in [-0.2, 0) is 7.05 Å². The number of hydrogen-bond donors (Lipinski definition) is 0. The van der Waals surface area contributed by atoms with Crippen molar-refractivity contribution < 1.29 is 9.53 Å². The van der Waals surface area contributed by atoms with E-state index in [1.165, 1.54) is 4.68 Å². The lowest BCUT2D eigenvalue weighted by molar-refractivity contribution is 0.0740. The second-order valence-electron chi connectivity index (χ2n) is 6.96. The molecule has 1 fully saturated rings. The van der Waals surface area contributed by atoms with Crippen LogP contribution in [0.3, 0.4) is 0 Å². The number of hydrogen-bond acceptors (Lipinski definition) is 7. The van der Waals surface area contributed by atoms with Crippen molar-refractivity contribution in [3.05, 3.63) is 58.3 Å². The molecule has 0 saturated carbocycles. The fraction of sp³-hybridized carbons (Fsp3) is 0.286. The molecule has 3 aromatic rings. The summed E-state index contributed by atoms with van der Waals surface area (Å²) >= 11 is 0. The second-order valence-corrected chi connectivity index (χ2v) is 6.96. The molecule has 9 nitrogen and oxygen atoms in total. The van der Waals surface area contributed by atoms with Crippen molar-refractivity contribution in [3.8, 4) is 11.8 Å². The SMILES string of the molecule is COc1cc(C#N)ncc1N1CCN(C(=O)c2nn(C)c(=O)c3ccccc23)CC1. The van der Waals surface area contributed by atoms with E-state index in [1.54, 1.807) is 55.6 Å². The smallest absolute Gasteiger partial charge is 0.275 e. The molecule has 2 aromatic heterocycles. The van der Waals surface area contributed by atoms with Gasteiger partial charge in [0.2, 0.25) is 0 Å². The van der Waals surface area contributed by atoms with Crippen molar-refractivity contribution in [1.82, 2.24) is 19.7 Å². The summed E-state index contributed by atoms with van der Waals surface area (Å²) in [5, 5.41) is 14.3. The van der Waals surface area contributed by atoms with E-state index in [9.17, 15) is 9.59 Å². The van der Waals surface area contributed by atoms with Gasteiger partial charge in [-0.05, 0) is 6.07 Å². The van der Waals surface area contributed by atoms with Crippen LogP contribution in [0.15, 0.2) is 41.3 Å². The first kappa shape index (κ1) is 19.4. The van der Waals surface area contributed by atoms with Crippen molar-refractivity contribution in [2.24, 2.45) is 7.05 Å². The summed E-state index contributed by atoms with van der Waals surface area (Å²) in [6.07, 6.45) is 1.62. The minimum Gasteiger partial charge on any atom is -0.494 e. The maximum absolute atomic E-state index is 13.2. The molecule has 1 amide bonds. The highest BCUT2D eigenvalue weighted by Crippen LogP contribution is 2.29. The number of carbonyl (C=O) groups is 1. The van der Waals surface area contributed by atoms with Crippen LogP contribution < -0.4 is 15.2 Å². The number of carbonyl (C=O) groups excluding carboxylic acids is 1. The number of methoxy groups -OCH3 is 1. The normalized spacial score (nSPS) is 13.9. The molecule has 0 bridgehead atoms. The Hall–Kier alpha value is -3.93. The van der Waals surface area contributed by atoms with E-state index in [2.05, 4.69) is 15.0 Å². The van der Waals surface area contributed by atoms with Crippen molar-refractivity contribution in [2.75, 3.05) is 38.2 Å². The Kier molecular flexibility index (Phi) is 5.06. The quantitative estimate of drug-likeness (QED) is 0.645. The van der Waals surface area contributed by atoms with Gasteiger partial charge in [0, 0.05) is 44.7 Å². The van der Waals surface area contributed by atoms with Crippen molar-refractivity contribution in [2.45, 2.75) is 0 Å². The van der Waals surface area contributed by atoms with E-state index in [0.29, 0.717) is 42.7 Å². The molecule has 0 spiro atoms. The molecule has 1 aliphatic rings. The van der Waals surface area contributed by atoms with Gasteiger partial charge in [0.05, 0.1) is 24.4 Å². The van der Waals surface area contributed by atoms with Gasteiger partial charge in [-0.25, -0.2) is 9.67 Å². The molecule has 0 N–H and O–H groups in total. The number of ether oxygens (including phenoxy) is 1. The predicted molar refractivity (Wildman–Crippen MR) is 111 cm³/mol. The van der Waals surface area contributed by atoms with Gasteiger partial charge < -0.3 is 14.5 Å². The van der Waals surface area contributed by atoms with Crippen LogP contribution in [0, 0.1) is 11.3 Å². The van der Waals surface area contributed by atoms with Gasteiger partial charge in [-0.3, -0.25) is 9.59 Å². The third-order valence-corrected chi connectivity index (χ3v) is 5.25. The summed E-state index contributed by atoms with van der Waals surface area (Å²) in [7, 11) is 3.10. The van der Waals surface area contributed by atoms with E-state index >= 15 is 0 Å². The lowest BCUT2D eigenvalue weighted by atomic mass is 10.1. The maximum atomic E-state index is 13.2. The lowest BCUT2D eigenvalue weighted by Gasteiger charge is -2.36. The number of nitriles is 1. The lowest BCUT2D eigenvalue weighted by Crippen LogP contribution is -2.49. The summed E-state index contributed by atoms with van der Waals surface area (Å²) in [4.78, 5) is 33.4. The molecule has 3 heterocycles. The van der Waals surface area contributed by atoms with Gasteiger partial charge in [0.25, 0.3) is 11.5 Å². The summed E-state index contributed by atoms with van der Waals surface area (Å²) < 4.78 is 6.61. The maximum Gasteiger partial charge on any atom is 0.275 e. The van der Waals surface area contributed by atoms with Crippen LogP contribution in [0.5, 0.6) is 5.75 Å². The van der Waals surface area contributed by atoms with Crippen LogP contribution in [0.2, 0.25) is 0 Å². The highest BCUT2D eigenvalue weighted by molar-refractivity contribution is 6.04. The number of anilines is 1. The van der Waals surface area contributed by atoms with Crippen LogP contribution in [-0.4, -0.2) is 58.9 Å². The van der Waals surface area contributed by atoms with Crippen LogP contribution in [0.4, 0.5) is 5.69 Å². The summed E-state index contributed by atoms with van der Waals surface area (Å²) in [5.74, 6) is 0.374. The monoisotopic (exact) mass is 404 g/mol. The Labute approximate surface area is 172 Å². The Morgan fingerprint density at radius 3 is 2.53 bits per heavy atom. The van der Waals surface area contributed by atoms with Crippen molar-refractivity contribution in [1.29, 1.82) is 5.26 Å². The predicted octanol–water partition coefficient (Wildman–Crippen LogP) is 1.17. The molecule has 0 aliphatic carbocycles. The first-order valence-corrected chi connectivity index (χ1v) is 9.48. The number of benzene rings is 1. The number of aromatic nitrogens is 3. The minimum atomic E-state index is -0.229. The molecule has 1 aromatic carbocycles. The molecule has 1 aliphatic heterocycles. The summed E-state index contributed by atoms with van der Waals surface area (Å²) in [5.41, 5.74) is 1.12. The van der Waals surface area contributed by atoms with E-state index in [0.717, 1.165) is 5.69 Å². The average Bonchev–Trinajstić information content (AvgIpc) is 2.80. The van der Waals surface area contributed by atoms with Gasteiger partial charge in [0.15, 0.2) is 5.69 Å². The zero-order valence-electron chi connectivity index (χ0n) is 16.7. The highest BCUT2D eigenvalue weighted by Gasteiger charge is 2.27. The van der Waals surface area contributed by atoms with Gasteiger partial charge in [-0.1, -0.05) is 18.2 Å². The molecular formula is C21H20N6O3. The largest absolute Gasteiger partial charge is 0.494 e. The van der Waals surface area contributed by atoms with Crippen molar-refractivity contribution in [3.63, 3.8) is 0 Å². The van der Waals surface area contributed by atoms with Gasteiger partial charge in [-0.2, -0.15) is 10.4 Å². The third-order valence-electron chi connectivity index (χ3n) is 5.25. The standard InChI is InChI=1S/C21H20N6O3/c1-25-20(28)16-6-4-3-5-15(16)19(24-25)21(29)27-9-7-26(8-10-27)17-13-23-14(12-22)11-18(17)30-2/h3-6,11,13H,7-10H2,1-2H3. The molecule has 4 rings (SSSR count). The van der Waals surface area contributed by atoms with Crippen LogP contribution >= 0.6 is 0 Å². The molecular weight excluding hydrogens is 384 g/mol.